The fraction of sp³-hybridized carbons (Fsp3) is 0.111. The topological polar surface area (TPSA) is 46.5 Å². The van der Waals surface area contributed by atoms with Crippen LogP contribution in [0.3, 0.4) is 0 Å². The van der Waals surface area contributed by atoms with E-state index in [0.717, 1.165) is 18.2 Å². The molecule has 1 amide bonds. The first-order valence-electron chi connectivity index (χ1n) is 3.68. The molecule has 0 saturated heterocycles. The van der Waals surface area contributed by atoms with Crippen LogP contribution in [0.2, 0.25) is 0 Å². The quantitative estimate of drug-likeness (QED) is 0.531. The van der Waals surface area contributed by atoms with Gasteiger partial charge < -0.3 is 0 Å². The van der Waals surface area contributed by atoms with Crippen molar-refractivity contribution in [2.24, 2.45) is 4.99 Å². The molecule has 0 aliphatic carbocycles. The van der Waals surface area contributed by atoms with Gasteiger partial charge in [-0.2, -0.15) is 0 Å². The number of hydrogen-bond donors (Lipinski definition) is 0. The van der Waals surface area contributed by atoms with E-state index in [-0.39, 0.29) is 12.0 Å². The second kappa shape index (κ2) is 4.39. The first-order chi connectivity index (χ1) is 6.63. The van der Waals surface area contributed by atoms with Gasteiger partial charge in [-0.1, -0.05) is 6.07 Å². The summed E-state index contributed by atoms with van der Waals surface area (Å²) in [5.41, 5.74) is 0.257. The molecule has 0 atom stereocenters. The van der Waals surface area contributed by atoms with Gasteiger partial charge >= 0.3 is 0 Å². The highest BCUT2D eigenvalue weighted by Crippen LogP contribution is 2.09. The van der Waals surface area contributed by atoms with E-state index >= 15 is 0 Å². The summed E-state index contributed by atoms with van der Waals surface area (Å²) in [6.07, 6.45) is 0.828. The maximum Gasteiger partial charge on any atom is 0.260 e. The summed E-state index contributed by atoms with van der Waals surface area (Å²) in [6, 6.07) is 3.03. The monoisotopic (exact) mass is 197 g/mol. The molecule has 0 aromatic heterocycles. The maximum absolute atomic E-state index is 12.6. The number of aliphatic imine (C=N–C) groups is 1. The Labute approximate surface area is 78.1 Å². The molecule has 0 N–H and O–H groups in total. The minimum absolute atomic E-state index is 0.244. The second-order valence-electron chi connectivity index (χ2n) is 2.52. The van der Waals surface area contributed by atoms with Gasteiger partial charge in [0, 0.05) is 0 Å². The summed E-state index contributed by atoms with van der Waals surface area (Å²) in [4.78, 5) is 23.3. The smallest absolute Gasteiger partial charge is 0.260 e. The van der Waals surface area contributed by atoms with Gasteiger partial charge in [-0.3, -0.25) is 4.79 Å². The predicted molar refractivity (Wildman–Crippen MR) is 43.2 cm³/mol. The molecular weight excluding hydrogens is 192 g/mol. The number of nitrogens with zero attached hydrogens (tertiary/aromatic N) is 1. The van der Waals surface area contributed by atoms with Crippen LogP contribution in [0.15, 0.2) is 23.2 Å². The van der Waals surface area contributed by atoms with Crippen molar-refractivity contribution in [1.82, 2.24) is 0 Å². The third-order valence-electron chi connectivity index (χ3n) is 1.51. The molecular formula is C9H5F2NO2. The number of amides is 1. The van der Waals surface area contributed by atoms with E-state index in [1.165, 1.54) is 6.07 Å². The first kappa shape index (κ1) is 10.2. The van der Waals surface area contributed by atoms with Crippen LogP contribution in [0.25, 0.3) is 0 Å². The molecule has 0 heterocycles. The van der Waals surface area contributed by atoms with Crippen LogP contribution in [0.1, 0.15) is 5.56 Å². The van der Waals surface area contributed by atoms with Crippen LogP contribution in [-0.4, -0.2) is 12.0 Å². The highest BCUT2D eigenvalue weighted by atomic mass is 19.2. The largest absolute Gasteiger partial charge is 0.271 e. The average molecular weight is 197 g/mol. The molecule has 0 unspecified atom stereocenters. The Morgan fingerprint density at radius 2 is 2.07 bits per heavy atom. The normalized spacial score (nSPS) is 9.29. The Balaban J connectivity index is 2.83. The lowest BCUT2D eigenvalue weighted by Crippen LogP contribution is -1.99. The summed E-state index contributed by atoms with van der Waals surface area (Å²) < 4.78 is 25.1. The van der Waals surface area contributed by atoms with Crippen LogP contribution in [0.4, 0.5) is 8.78 Å². The Hall–Kier alpha value is -1.87. The van der Waals surface area contributed by atoms with E-state index in [4.69, 9.17) is 0 Å². The lowest BCUT2D eigenvalue weighted by molar-refractivity contribution is -0.117. The second-order valence-corrected chi connectivity index (χ2v) is 2.52. The summed E-state index contributed by atoms with van der Waals surface area (Å²) in [5, 5.41) is 0. The lowest BCUT2D eigenvalue weighted by atomic mass is 10.1. The summed E-state index contributed by atoms with van der Waals surface area (Å²) in [7, 11) is 0. The van der Waals surface area contributed by atoms with Crippen LogP contribution < -0.4 is 0 Å². The zero-order valence-electron chi connectivity index (χ0n) is 6.96. The zero-order valence-corrected chi connectivity index (χ0v) is 6.96. The number of benzene rings is 1. The number of carbonyl (C=O) groups is 1. The molecule has 5 heteroatoms. The highest BCUT2D eigenvalue weighted by Gasteiger charge is 2.05. The Morgan fingerprint density at radius 1 is 1.36 bits per heavy atom. The van der Waals surface area contributed by atoms with Crippen molar-refractivity contribution in [2.75, 3.05) is 0 Å². The zero-order chi connectivity index (χ0) is 10.6. The van der Waals surface area contributed by atoms with Crippen LogP contribution in [0.5, 0.6) is 0 Å². The van der Waals surface area contributed by atoms with Gasteiger partial charge in [0.15, 0.2) is 11.6 Å². The first-order valence-corrected chi connectivity index (χ1v) is 3.68. The highest BCUT2D eigenvalue weighted by molar-refractivity contribution is 5.83. The van der Waals surface area contributed by atoms with E-state index in [2.05, 4.69) is 4.99 Å². The van der Waals surface area contributed by atoms with Crippen molar-refractivity contribution in [3.63, 3.8) is 0 Å². The van der Waals surface area contributed by atoms with Crippen molar-refractivity contribution in [3.05, 3.63) is 35.4 Å². The molecule has 0 aliphatic rings. The fourth-order valence-electron chi connectivity index (χ4n) is 0.915. The third kappa shape index (κ3) is 2.57. The van der Waals surface area contributed by atoms with Gasteiger partial charge in [-0.05, 0) is 17.7 Å². The van der Waals surface area contributed by atoms with Crippen LogP contribution >= 0.6 is 0 Å². The van der Waals surface area contributed by atoms with Crippen molar-refractivity contribution in [1.29, 1.82) is 0 Å². The van der Waals surface area contributed by atoms with E-state index in [9.17, 15) is 18.4 Å². The van der Waals surface area contributed by atoms with Crippen molar-refractivity contribution < 1.29 is 18.4 Å². The van der Waals surface area contributed by atoms with E-state index in [1.54, 1.807) is 0 Å². The number of carbonyl (C=O) groups excluding carboxylic acids is 2. The van der Waals surface area contributed by atoms with Gasteiger partial charge in [-0.25, -0.2) is 13.6 Å². The van der Waals surface area contributed by atoms with E-state index < -0.39 is 17.5 Å². The van der Waals surface area contributed by atoms with Gasteiger partial charge in [0.25, 0.3) is 5.91 Å². The molecule has 3 nitrogen and oxygen atoms in total. The van der Waals surface area contributed by atoms with Gasteiger partial charge in [0.1, 0.15) is 0 Å². The SMILES string of the molecule is O=C=NC(=O)Cc1ccc(F)c(F)c1. The molecule has 14 heavy (non-hydrogen) atoms. The minimum Gasteiger partial charge on any atom is -0.271 e. The number of halogens is 2. The van der Waals surface area contributed by atoms with Gasteiger partial charge in [0.2, 0.25) is 6.08 Å². The van der Waals surface area contributed by atoms with Crippen molar-refractivity contribution in [2.45, 2.75) is 6.42 Å². The van der Waals surface area contributed by atoms with Gasteiger partial charge in [0.05, 0.1) is 6.42 Å². The average Bonchev–Trinajstić information content (AvgIpc) is 2.12. The van der Waals surface area contributed by atoms with E-state index in [1.807, 2.05) is 0 Å². The summed E-state index contributed by atoms with van der Waals surface area (Å²) >= 11 is 0. The predicted octanol–water partition coefficient (Wildman–Crippen LogP) is 1.37. The third-order valence-corrected chi connectivity index (χ3v) is 1.51. The molecule has 0 spiro atoms. The maximum atomic E-state index is 12.6. The molecule has 72 valence electrons. The molecule has 1 aromatic rings. The Morgan fingerprint density at radius 3 is 2.64 bits per heavy atom. The molecule has 0 bridgehead atoms. The number of hydrogen-bond acceptors (Lipinski definition) is 2. The molecule has 0 saturated carbocycles. The fourth-order valence-corrected chi connectivity index (χ4v) is 0.915. The Bertz CT molecular complexity index is 411. The summed E-state index contributed by atoms with van der Waals surface area (Å²) in [5.74, 6) is -2.77. The van der Waals surface area contributed by atoms with E-state index in [0.29, 0.717) is 0 Å². The summed E-state index contributed by atoms with van der Waals surface area (Å²) in [6.45, 7) is 0. The number of isocyanates is 1. The molecule has 0 fully saturated rings. The van der Waals surface area contributed by atoms with Crippen LogP contribution in [0, 0.1) is 11.6 Å². The molecule has 1 aromatic carbocycles. The standard InChI is InChI=1S/C9H5F2NO2/c10-7-2-1-6(3-8(7)11)4-9(14)12-5-13/h1-3H,4H2. The van der Waals surface area contributed by atoms with Gasteiger partial charge in [-0.15, -0.1) is 4.99 Å². The van der Waals surface area contributed by atoms with Crippen LogP contribution in [-0.2, 0) is 16.0 Å². The lowest BCUT2D eigenvalue weighted by Gasteiger charge is -1.97. The molecule has 0 radical (unpaired) electrons. The van der Waals surface area contributed by atoms with Crippen molar-refractivity contribution >= 4 is 12.0 Å². The Kier molecular flexibility index (Phi) is 3.20. The minimum atomic E-state index is -1.04. The molecule has 1 rings (SSSR count). The van der Waals surface area contributed by atoms with Crippen molar-refractivity contribution in [3.8, 4) is 0 Å². The molecule has 0 aliphatic heterocycles. The number of rotatable bonds is 2.